The van der Waals surface area contributed by atoms with E-state index >= 15 is 0 Å². The van der Waals surface area contributed by atoms with Crippen LogP contribution in [0.1, 0.15) is 17.5 Å². The number of carbonyl (C=O) groups is 1. The number of carbonyl (C=O) groups excluding carboxylic acids is 1. The van der Waals surface area contributed by atoms with Gasteiger partial charge in [-0.25, -0.2) is 9.18 Å². The number of rotatable bonds is 7. The van der Waals surface area contributed by atoms with Crippen LogP contribution in [-0.2, 0) is 6.54 Å². The van der Waals surface area contributed by atoms with Crippen LogP contribution in [0, 0.1) is 12.7 Å². The molecule has 0 aliphatic carbocycles. The Kier molecular flexibility index (Phi) is 7.39. The van der Waals surface area contributed by atoms with E-state index in [1.165, 1.54) is 17.7 Å². The van der Waals surface area contributed by atoms with Gasteiger partial charge < -0.3 is 15.5 Å². The maximum Gasteiger partial charge on any atom is 0.319 e. The molecule has 150 valence electrons. The van der Waals surface area contributed by atoms with Crippen molar-refractivity contribution in [1.29, 1.82) is 0 Å². The molecule has 0 atom stereocenters. The molecular formula is C22H29FN4O. The zero-order chi connectivity index (χ0) is 19.8. The first-order valence-electron chi connectivity index (χ1n) is 9.90. The summed E-state index contributed by atoms with van der Waals surface area (Å²) in [7, 11) is 0. The van der Waals surface area contributed by atoms with Crippen LogP contribution in [0.4, 0.5) is 14.9 Å². The van der Waals surface area contributed by atoms with Crippen LogP contribution in [0.2, 0.25) is 0 Å². The van der Waals surface area contributed by atoms with Gasteiger partial charge >= 0.3 is 6.03 Å². The Bertz CT molecular complexity index is 760. The zero-order valence-corrected chi connectivity index (χ0v) is 16.5. The lowest BCUT2D eigenvalue weighted by Gasteiger charge is -2.34. The molecule has 2 N–H and O–H groups in total. The number of benzene rings is 2. The predicted octanol–water partition coefficient (Wildman–Crippen LogP) is 3.46. The van der Waals surface area contributed by atoms with Gasteiger partial charge in [0, 0.05) is 45.0 Å². The number of piperazine rings is 1. The topological polar surface area (TPSA) is 47.6 Å². The highest BCUT2D eigenvalue weighted by Gasteiger charge is 2.16. The number of anilines is 1. The molecule has 0 bridgehead atoms. The first-order valence-corrected chi connectivity index (χ1v) is 9.90. The SMILES string of the molecule is Cc1ccc(F)cc1NC(=O)NCCCN1CCN(Cc2ccccc2)CC1. The van der Waals surface area contributed by atoms with Crippen molar-refractivity contribution in [2.75, 3.05) is 44.6 Å². The summed E-state index contributed by atoms with van der Waals surface area (Å²) in [6.07, 6.45) is 0.897. The first-order chi connectivity index (χ1) is 13.6. The van der Waals surface area contributed by atoms with E-state index in [1.54, 1.807) is 6.07 Å². The minimum absolute atomic E-state index is 0.290. The van der Waals surface area contributed by atoms with E-state index in [2.05, 4.69) is 50.8 Å². The average molecular weight is 384 g/mol. The largest absolute Gasteiger partial charge is 0.338 e. The second-order valence-corrected chi connectivity index (χ2v) is 7.30. The number of nitrogens with one attached hydrogen (secondary N) is 2. The van der Waals surface area contributed by atoms with Crippen molar-refractivity contribution < 1.29 is 9.18 Å². The van der Waals surface area contributed by atoms with Crippen LogP contribution < -0.4 is 10.6 Å². The Labute approximate surface area is 166 Å². The molecule has 28 heavy (non-hydrogen) atoms. The summed E-state index contributed by atoms with van der Waals surface area (Å²) in [6.45, 7) is 8.68. The molecule has 0 radical (unpaired) electrons. The summed E-state index contributed by atoms with van der Waals surface area (Å²) < 4.78 is 13.3. The number of nitrogens with zero attached hydrogens (tertiary/aromatic N) is 2. The summed E-state index contributed by atoms with van der Waals surface area (Å²) >= 11 is 0. The summed E-state index contributed by atoms with van der Waals surface area (Å²) in [6, 6.07) is 14.7. The molecule has 2 amide bonds. The Morgan fingerprint density at radius 1 is 1.04 bits per heavy atom. The normalized spacial score (nSPS) is 15.4. The third kappa shape index (κ3) is 6.32. The van der Waals surface area contributed by atoms with Gasteiger partial charge in [-0.15, -0.1) is 0 Å². The van der Waals surface area contributed by atoms with Crippen molar-refractivity contribution in [1.82, 2.24) is 15.1 Å². The Balaban J connectivity index is 1.29. The van der Waals surface area contributed by atoms with E-state index in [0.717, 1.165) is 51.3 Å². The van der Waals surface area contributed by atoms with Gasteiger partial charge in [-0.2, -0.15) is 0 Å². The van der Waals surface area contributed by atoms with Gasteiger partial charge in [0.05, 0.1) is 0 Å². The van der Waals surface area contributed by atoms with Gasteiger partial charge in [0.1, 0.15) is 5.82 Å². The smallest absolute Gasteiger partial charge is 0.319 e. The van der Waals surface area contributed by atoms with Gasteiger partial charge in [0.25, 0.3) is 0 Å². The first kappa shape index (κ1) is 20.3. The van der Waals surface area contributed by atoms with Crippen LogP contribution in [0.3, 0.4) is 0 Å². The maximum absolute atomic E-state index is 13.3. The highest BCUT2D eigenvalue weighted by atomic mass is 19.1. The lowest BCUT2D eigenvalue weighted by molar-refractivity contribution is 0.126. The van der Waals surface area contributed by atoms with E-state index in [9.17, 15) is 9.18 Å². The molecule has 0 spiro atoms. The molecule has 1 aliphatic heterocycles. The second-order valence-electron chi connectivity index (χ2n) is 7.30. The van der Waals surface area contributed by atoms with Crippen molar-refractivity contribution in [3.8, 4) is 0 Å². The fourth-order valence-electron chi connectivity index (χ4n) is 3.41. The highest BCUT2D eigenvalue weighted by Crippen LogP contribution is 2.15. The lowest BCUT2D eigenvalue weighted by atomic mass is 10.2. The molecule has 0 saturated carbocycles. The van der Waals surface area contributed by atoms with Gasteiger partial charge in [-0.05, 0) is 43.1 Å². The molecular weight excluding hydrogens is 355 g/mol. The van der Waals surface area contributed by atoms with Gasteiger partial charge in [-0.3, -0.25) is 4.90 Å². The van der Waals surface area contributed by atoms with Crippen LogP contribution in [0.25, 0.3) is 0 Å². The van der Waals surface area contributed by atoms with Crippen LogP contribution in [0.5, 0.6) is 0 Å². The van der Waals surface area contributed by atoms with Crippen LogP contribution in [-0.4, -0.2) is 55.1 Å². The predicted molar refractivity (Wildman–Crippen MR) is 111 cm³/mol. The molecule has 1 aliphatic rings. The molecule has 2 aromatic carbocycles. The lowest BCUT2D eigenvalue weighted by Crippen LogP contribution is -2.46. The quantitative estimate of drug-likeness (QED) is 0.719. The summed E-state index contributed by atoms with van der Waals surface area (Å²) in [5, 5.41) is 5.56. The number of halogens is 1. The van der Waals surface area contributed by atoms with Crippen molar-refractivity contribution in [2.24, 2.45) is 0 Å². The Hall–Kier alpha value is -2.44. The van der Waals surface area contributed by atoms with Crippen LogP contribution in [0.15, 0.2) is 48.5 Å². The molecule has 1 saturated heterocycles. The number of aryl methyl sites for hydroxylation is 1. The number of hydrogen-bond acceptors (Lipinski definition) is 3. The summed E-state index contributed by atoms with van der Waals surface area (Å²) in [4.78, 5) is 16.9. The van der Waals surface area contributed by atoms with E-state index in [1.807, 2.05) is 6.92 Å². The standard InChI is InChI=1S/C22H29FN4O/c1-18-8-9-20(23)16-21(18)25-22(28)24-10-5-11-26-12-14-27(15-13-26)17-19-6-3-2-4-7-19/h2-4,6-9,16H,5,10-15,17H2,1H3,(H2,24,25,28). The summed E-state index contributed by atoms with van der Waals surface area (Å²) in [5.41, 5.74) is 2.71. The number of urea groups is 1. The average Bonchev–Trinajstić information content (AvgIpc) is 2.70. The highest BCUT2D eigenvalue weighted by molar-refractivity contribution is 5.89. The summed E-state index contributed by atoms with van der Waals surface area (Å²) in [5.74, 6) is -0.354. The minimum atomic E-state index is -0.354. The van der Waals surface area contributed by atoms with Crippen molar-refractivity contribution in [3.05, 3.63) is 65.5 Å². The monoisotopic (exact) mass is 384 g/mol. The molecule has 0 unspecified atom stereocenters. The van der Waals surface area contributed by atoms with Gasteiger partial charge in [0.15, 0.2) is 0 Å². The van der Waals surface area contributed by atoms with E-state index in [4.69, 9.17) is 0 Å². The van der Waals surface area contributed by atoms with E-state index in [-0.39, 0.29) is 11.8 Å². The number of amides is 2. The Morgan fingerprint density at radius 3 is 2.50 bits per heavy atom. The Morgan fingerprint density at radius 2 is 1.75 bits per heavy atom. The number of hydrogen-bond donors (Lipinski definition) is 2. The second kappa shape index (κ2) is 10.2. The molecule has 1 heterocycles. The molecule has 6 heteroatoms. The van der Waals surface area contributed by atoms with Gasteiger partial charge in [-0.1, -0.05) is 36.4 Å². The van der Waals surface area contributed by atoms with Crippen LogP contribution >= 0.6 is 0 Å². The maximum atomic E-state index is 13.3. The molecule has 2 aromatic rings. The van der Waals surface area contributed by atoms with Crippen molar-refractivity contribution in [2.45, 2.75) is 19.9 Å². The van der Waals surface area contributed by atoms with Crippen molar-refractivity contribution >= 4 is 11.7 Å². The van der Waals surface area contributed by atoms with Crippen molar-refractivity contribution in [3.63, 3.8) is 0 Å². The van der Waals surface area contributed by atoms with Gasteiger partial charge in [0.2, 0.25) is 0 Å². The molecule has 0 aromatic heterocycles. The molecule has 3 rings (SSSR count). The molecule has 1 fully saturated rings. The minimum Gasteiger partial charge on any atom is -0.338 e. The fourth-order valence-corrected chi connectivity index (χ4v) is 3.41. The zero-order valence-electron chi connectivity index (χ0n) is 16.5. The molecule has 5 nitrogen and oxygen atoms in total. The fraction of sp³-hybridized carbons (Fsp3) is 0.409. The third-order valence-electron chi connectivity index (χ3n) is 5.10. The van der Waals surface area contributed by atoms with E-state index in [0.29, 0.717) is 12.2 Å². The third-order valence-corrected chi connectivity index (χ3v) is 5.10. The van der Waals surface area contributed by atoms with E-state index < -0.39 is 0 Å².